The number of nitrogens with zero attached hydrogens (tertiary/aromatic N) is 1. The van der Waals surface area contributed by atoms with Crippen LogP contribution in [0.2, 0.25) is 0 Å². The molecule has 0 saturated carbocycles. The summed E-state index contributed by atoms with van der Waals surface area (Å²) in [7, 11) is 0. The van der Waals surface area contributed by atoms with Crippen molar-refractivity contribution in [3.05, 3.63) is 28.2 Å². The number of hydrogen-bond donors (Lipinski definition) is 1. The molecular formula is C15H19BrN2O2. The second-order valence-electron chi connectivity index (χ2n) is 5.03. The first kappa shape index (κ1) is 15.0. The Morgan fingerprint density at radius 2 is 1.95 bits per heavy atom. The average Bonchev–Trinajstić information content (AvgIpc) is 2.41. The van der Waals surface area contributed by atoms with Crippen LogP contribution in [0.1, 0.15) is 32.3 Å². The highest BCUT2D eigenvalue weighted by Gasteiger charge is 2.40. The average molecular weight is 339 g/mol. The van der Waals surface area contributed by atoms with Crippen LogP contribution in [0.15, 0.2) is 22.7 Å². The third-order valence-electron chi connectivity index (χ3n) is 3.68. The number of benzene rings is 1. The van der Waals surface area contributed by atoms with E-state index >= 15 is 0 Å². The largest absolute Gasteiger partial charge is 0.342 e. The van der Waals surface area contributed by atoms with Crippen molar-refractivity contribution in [1.82, 2.24) is 5.32 Å². The smallest absolute Gasteiger partial charge is 0.250 e. The first-order chi connectivity index (χ1) is 9.49. The maximum atomic E-state index is 12.6. The molecule has 0 bridgehead atoms. The molecule has 20 heavy (non-hydrogen) atoms. The normalized spacial score (nSPS) is 22.9. The molecule has 1 aliphatic rings. The van der Waals surface area contributed by atoms with Crippen LogP contribution >= 0.6 is 15.9 Å². The molecule has 0 radical (unpaired) electrons. The summed E-state index contributed by atoms with van der Waals surface area (Å²) in [6.45, 7) is 5.78. The third kappa shape index (κ3) is 2.59. The van der Waals surface area contributed by atoms with E-state index in [9.17, 15) is 9.59 Å². The van der Waals surface area contributed by atoms with Crippen molar-refractivity contribution in [2.75, 3.05) is 4.90 Å². The lowest BCUT2D eigenvalue weighted by Crippen LogP contribution is -2.63. The summed E-state index contributed by atoms with van der Waals surface area (Å²) in [4.78, 5) is 26.5. The minimum absolute atomic E-state index is 0.0237. The molecule has 5 heteroatoms. The molecule has 1 N–H and O–H groups in total. The zero-order chi connectivity index (χ0) is 14.9. The van der Waals surface area contributed by atoms with Crippen molar-refractivity contribution in [2.24, 2.45) is 0 Å². The van der Waals surface area contributed by atoms with Gasteiger partial charge in [0, 0.05) is 10.2 Å². The Labute approximate surface area is 127 Å². The van der Waals surface area contributed by atoms with E-state index in [2.05, 4.69) is 21.2 Å². The predicted molar refractivity (Wildman–Crippen MR) is 82.7 cm³/mol. The minimum atomic E-state index is -0.426. The Morgan fingerprint density at radius 3 is 2.50 bits per heavy atom. The van der Waals surface area contributed by atoms with Crippen LogP contribution in [0.5, 0.6) is 0 Å². The molecule has 1 aromatic rings. The number of piperazine rings is 1. The van der Waals surface area contributed by atoms with E-state index < -0.39 is 12.1 Å². The predicted octanol–water partition coefficient (Wildman–Crippen LogP) is 2.78. The van der Waals surface area contributed by atoms with Crippen molar-refractivity contribution in [3.8, 4) is 0 Å². The van der Waals surface area contributed by atoms with Gasteiger partial charge in [-0.25, -0.2) is 0 Å². The van der Waals surface area contributed by atoms with Crippen molar-refractivity contribution in [3.63, 3.8) is 0 Å². The lowest BCUT2D eigenvalue weighted by Gasteiger charge is -2.39. The van der Waals surface area contributed by atoms with E-state index in [0.29, 0.717) is 12.8 Å². The summed E-state index contributed by atoms with van der Waals surface area (Å²) in [5.74, 6) is -0.0920. The van der Waals surface area contributed by atoms with Crippen LogP contribution in [0.4, 0.5) is 5.69 Å². The topological polar surface area (TPSA) is 49.4 Å². The Bertz CT molecular complexity index is 545. The van der Waals surface area contributed by atoms with Gasteiger partial charge in [-0.15, -0.1) is 0 Å². The SMILES string of the molecule is CCC1NC(=O)C(CC)N(c2ccc(Br)cc2C)C1=O. The highest BCUT2D eigenvalue weighted by atomic mass is 79.9. The fourth-order valence-electron chi connectivity index (χ4n) is 2.59. The van der Waals surface area contributed by atoms with Crippen LogP contribution in [-0.4, -0.2) is 23.9 Å². The third-order valence-corrected chi connectivity index (χ3v) is 4.17. The number of hydrogen-bond acceptors (Lipinski definition) is 2. The zero-order valence-corrected chi connectivity index (χ0v) is 13.5. The molecule has 108 valence electrons. The monoisotopic (exact) mass is 338 g/mol. The first-order valence-electron chi connectivity index (χ1n) is 6.89. The molecule has 2 atom stereocenters. The van der Waals surface area contributed by atoms with Gasteiger partial charge in [0.1, 0.15) is 12.1 Å². The molecule has 1 aliphatic heterocycles. The molecule has 1 fully saturated rings. The number of anilines is 1. The molecule has 2 rings (SSSR count). The molecule has 0 aromatic heterocycles. The maximum absolute atomic E-state index is 12.6. The van der Waals surface area contributed by atoms with Gasteiger partial charge in [0.15, 0.2) is 0 Å². The fraction of sp³-hybridized carbons (Fsp3) is 0.467. The van der Waals surface area contributed by atoms with Gasteiger partial charge in [0.05, 0.1) is 0 Å². The van der Waals surface area contributed by atoms with Crippen LogP contribution in [-0.2, 0) is 9.59 Å². The number of nitrogens with one attached hydrogen (secondary N) is 1. The Hall–Kier alpha value is -1.36. The van der Waals surface area contributed by atoms with Crippen LogP contribution < -0.4 is 10.2 Å². The summed E-state index contributed by atoms with van der Waals surface area (Å²) in [5.41, 5.74) is 1.80. The summed E-state index contributed by atoms with van der Waals surface area (Å²) in [5, 5.41) is 2.81. The van der Waals surface area contributed by atoms with Crippen molar-refractivity contribution in [1.29, 1.82) is 0 Å². The van der Waals surface area contributed by atoms with E-state index in [0.717, 1.165) is 15.7 Å². The first-order valence-corrected chi connectivity index (χ1v) is 7.68. The van der Waals surface area contributed by atoms with Crippen molar-refractivity contribution in [2.45, 2.75) is 45.7 Å². The van der Waals surface area contributed by atoms with Gasteiger partial charge in [-0.2, -0.15) is 0 Å². The van der Waals surface area contributed by atoms with E-state index in [1.807, 2.05) is 39.0 Å². The lowest BCUT2D eigenvalue weighted by molar-refractivity contribution is -0.134. The van der Waals surface area contributed by atoms with Crippen LogP contribution in [0.3, 0.4) is 0 Å². The minimum Gasteiger partial charge on any atom is -0.342 e. The molecule has 1 heterocycles. The van der Waals surface area contributed by atoms with Gasteiger partial charge in [-0.3, -0.25) is 14.5 Å². The van der Waals surface area contributed by atoms with Crippen LogP contribution in [0.25, 0.3) is 0 Å². The van der Waals surface area contributed by atoms with Gasteiger partial charge in [-0.05, 0) is 43.5 Å². The Morgan fingerprint density at radius 1 is 1.25 bits per heavy atom. The Balaban J connectivity index is 2.47. The molecular weight excluding hydrogens is 320 g/mol. The lowest BCUT2D eigenvalue weighted by atomic mass is 10.0. The van der Waals surface area contributed by atoms with E-state index in [4.69, 9.17) is 0 Å². The van der Waals surface area contributed by atoms with Gasteiger partial charge in [-0.1, -0.05) is 29.8 Å². The molecule has 2 amide bonds. The molecule has 4 nitrogen and oxygen atoms in total. The van der Waals surface area contributed by atoms with E-state index in [1.165, 1.54) is 0 Å². The van der Waals surface area contributed by atoms with Crippen LogP contribution in [0, 0.1) is 6.92 Å². The second-order valence-corrected chi connectivity index (χ2v) is 5.95. The number of aryl methyl sites for hydroxylation is 1. The quantitative estimate of drug-likeness (QED) is 0.921. The molecule has 0 aliphatic carbocycles. The van der Waals surface area contributed by atoms with Crippen molar-refractivity contribution >= 4 is 33.4 Å². The van der Waals surface area contributed by atoms with Gasteiger partial charge >= 0.3 is 0 Å². The summed E-state index contributed by atoms with van der Waals surface area (Å²) in [6.07, 6.45) is 1.20. The Kier molecular flexibility index (Phi) is 4.48. The van der Waals surface area contributed by atoms with Gasteiger partial charge < -0.3 is 5.32 Å². The molecule has 2 unspecified atom stereocenters. The highest BCUT2D eigenvalue weighted by molar-refractivity contribution is 9.10. The number of halogens is 1. The maximum Gasteiger partial charge on any atom is 0.250 e. The van der Waals surface area contributed by atoms with Crippen molar-refractivity contribution < 1.29 is 9.59 Å². The fourth-order valence-corrected chi connectivity index (χ4v) is 3.06. The van der Waals surface area contributed by atoms with Gasteiger partial charge in [0.25, 0.3) is 0 Å². The summed E-state index contributed by atoms with van der Waals surface area (Å²) < 4.78 is 0.966. The number of rotatable bonds is 3. The number of amides is 2. The standard InChI is InChI=1S/C15H19BrN2O2/c1-4-11-15(20)18(12(5-2)14(19)17-11)13-7-6-10(16)8-9(13)3/h6-8,11-12H,4-5H2,1-3H3,(H,17,19). The zero-order valence-electron chi connectivity index (χ0n) is 11.9. The summed E-state index contributed by atoms with van der Waals surface area (Å²) >= 11 is 3.42. The molecule has 0 spiro atoms. The number of carbonyl (C=O) groups excluding carboxylic acids is 2. The van der Waals surface area contributed by atoms with E-state index in [1.54, 1.807) is 4.90 Å². The molecule has 1 aromatic carbocycles. The highest BCUT2D eigenvalue weighted by Crippen LogP contribution is 2.29. The second kappa shape index (κ2) is 5.95. The number of carbonyl (C=O) groups is 2. The molecule has 1 saturated heterocycles. The summed E-state index contributed by atoms with van der Waals surface area (Å²) in [6, 6.07) is 4.91. The van der Waals surface area contributed by atoms with E-state index in [-0.39, 0.29) is 11.8 Å². The van der Waals surface area contributed by atoms with Gasteiger partial charge in [0.2, 0.25) is 11.8 Å².